The van der Waals surface area contributed by atoms with Gasteiger partial charge in [0.1, 0.15) is 12.4 Å². The van der Waals surface area contributed by atoms with Crippen molar-refractivity contribution in [1.29, 1.82) is 0 Å². The number of hydrogen-bond acceptors (Lipinski definition) is 3. The Labute approximate surface area is 123 Å². The zero-order valence-corrected chi connectivity index (χ0v) is 12.4. The zero-order valence-electron chi connectivity index (χ0n) is 10.8. The predicted octanol–water partition coefficient (Wildman–Crippen LogP) is 2.87. The summed E-state index contributed by atoms with van der Waals surface area (Å²) in [5.74, 6) is 0.550. The van der Waals surface area contributed by atoms with Gasteiger partial charge in [0.05, 0.1) is 4.90 Å². The molecular weight excluding hydrogens is 298 g/mol. The van der Waals surface area contributed by atoms with Gasteiger partial charge in [0.15, 0.2) is 0 Å². The maximum Gasteiger partial charge on any atom is 0.238 e. The lowest BCUT2D eigenvalue weighted by Crippen LogP contribution is -2.11. The minimum absolute atomic E-state index is 0.0539. The molecule has 0 aliphatic rings. The molecule has 0 aliphatic carbocycles. The molecule has 2 N–H and O–H groups in total. The van der Waals surface area contributed by atoms with Crippen LogP contribution in [-0.4, -0.2) is 8.42 Å². The quantitative estimate of drug-likeness (QED) is 0.944. The Hall–Kier alpha value is -1.56. The van der Waals surface area contributed by atoms with Crippen LogP contribution in [0.5, 0.6) is 5.75 Å². The first-order valence-corrected chi connectivity index (χ1v) is 7.79. The van der Waals surface area contributed by atoms with Crippen LogP contribution in [0.2, 0.25) is 5.02 Å². The minimum Gasteiger partial charge on any atom is -0.489 e. The summed E-state index contributed by atoms with van der Waals surface area (Å²) in [6, 6.07) is 11.6. The summed E-state index contributed by atoms with van der Waals surface area (Å²) in [5, 5.41) is 5.66. The molecule has 0 saturated heterocycles. The van der Waals surface area contributed by atoms with E-state index < -0.39 is 10.0 Å². The second kappa shape index (κ2) is 5.83. The molecule has 0 atom stereocenters. The van der Waals surface area contributed by atoms with E-state index in [1.54, 1.807) is 12.1 Å². The third-order valence-electron chi connectivity index (χ3n) is 2.76. The number of hydrogen-bond donors (Lipinski definition) is 1. The topological polar surface area (TPSA) is 69.4 Å². The Kier molecular flexibility index (Phi) is 4.32. The van der Waals surface area contributed by atoms with Crippen LogP contribution in [0.25, 0.3) is 0 Å². The smallest absolute Gasteiger partial charge is 0.238 e. The van der Waals surface area contributed by atoms with Crippen molar-refractivity contribution in [2.45, 2.75) is 18.4 Å². The lowest BCUT2D eigenvalue weighted by molar-refractivity contribution is 0.306. The number of sulfonamides is 1. The number of ether oxygens (including phenoxy) is 1. The van der Waals surface area contributed by atoms with Crippen LogP contribution >= 0.6 is 11.6 Å². The van der Waals surface area contributed by atoms with E-state index in [9.17, 15) is 8.42 Å². The molecule has 2 aromatic carbocycles. The van der Waals surface area contributed by atoms with E-state index in [-0.39, 0.29) is 4.90 Å². The van der Waals surface area contributed by atoms with Gasteiger partial charge >= 0.3 is 0 Å². The summed E-state index contributed by atoms with van der Waals surface area (Å²) in [7, 11) is -3.67. The summed E-state index contributed by atoms with van der Waals surface area (Å²) in [6.07, 6.45) is 0. The largest absolute Gasteiger partial charge is 0.489 e. The standard InChI is InChI=1S/C14H14ClNO3S/c1-10-2-3-11(14(15)8-10)9-19-12-4-6-13(7-5-12)20(16,17)18/h2-8H,9H2,1H3,(H2,16,17,18). The Morgan fingerprint density at radius 2 is 1.80 bits per heavy atom. The van der Waals surface area contributed by atoms with E-state index in [2.05, 4.69) is 0 Å². The van der Waals surface area contributed by atoms with Gasteiger partial charge in [0, 0.05) is 10.6 Å². The molecule has 0 amide bonds. The van der Waals surface area contributed by atoms with Gasteiger partial charge in [-0.2, -0.15) is 0 Å². The maximum absolute atomic E-state index is 11.1. The summed E-state index contributed by atoms with van der Waals surface area (Å²) < 4.78 is 27.8. The summed E-state index contributed by atoms with van der Waals surface area (Å²) >= 11 is 6.10. The maximum atomic E-state index is 11.1. The second-order valence-corrected chi connectivity index (χ2v) is 6.37. The van der Waals surface area contributed by atoms with Crippen LogP contribution in [0.1, 0.15) is 11.1 Å². The fraction of sp³-hybridized carbons (Fsp3) is 0.143. The Morgan fingerprint density at radius 3 is 2.35 bits per heavy atom. The van der Waals surface area contributed by atoms with Crippen LogP contribution in [0, 0.1) is 6.92 Å². The lowest BCUT2D eigenvalue weighted by Gasteiger charge is -2.09. The lowest BCUT2D eigenvalue weighted by atomic mass is 10.2. The molecular formula is C14H14ClNO3S. The zero-order chi connectivity index (χ0) is 14.8. The van der Waals surface area contributed by atoms with Gasteiger partial charge in [-0.3, -0.25) is 0 Å². The predicted molar refractivity (Wildman–Crippen MR) is 78.3 cm³/mol. The van der Waals surface area contributed by atoms with Crippen molar-refractivity contribution in [2.75, 3.05) is 0 Å². The van der Waals surface area contributed by atoms with Crippen molar-refractivity contribution in [3.8, 4) is 5.75 Å². The van der Waals surface area contributed by atoms with E-state index in [1.807, 2.05) is 25.1 Å². The van der Waals surface area contributed by atoms with Crippen LogP contribution in [0.15, 0.2) is 47.4 Å². The van der Waals surface area contributed by atoms with Gasteiger partial charge in [-0.25, -0.2) is 13.6 Å². The van der Waals surface area contributed by atoms with Crippen molar-refractivity contribution >= 4 is 21.6 Å². The monoisotopic (exact) mass is 311 g/mol. The Balaban J connectivity index is 2.08. The van der Waals surface area contributed by atoms with E-state index in [0.717, 1.165) is 11.1 Å². The van der Waals surface area contributed by atoms with E-state index in [4.69, 9.17) is 21.5 Å². The highest BCUT2D eigenvalue weighted by molar-refractivity contribution is 7.89. The van der Waals surface area contributed by atoms with Crippen LogP contribution in [0.4, 0.5) is 0 Å². The highest BCUT2D eigenvalue weighted by Gasteiger charge is 2.07. The molecule has 0 fully saturated rings. The average Bonchev–Trinajstić information content (AvgIpc) is 2.37. The Bertz CT molecular complexity index is 712. The van der Waals surface area contributed by atoms with Crippen LogP contribution in [-0.2, 0) is 16.6 Å². The average molecular weight is 312 g/mol. The molecule has 0 radical (unpaired) electrons. The molecule has 2 rings (SSSR count). The molecule has 2 aromatic rings. The molecule has 106 valence electrons. The van der Waals surface area contributed by atoms with Crippen molar-refractivity contribution in [2.24, 2.45) is 5.14 Å². The second-order valence-electron chi connectivity index (χ2n) is 4.40. The third-order valence-corrected chi connectivity index (χ3v) is 4.04. The van der Waals surface area contributed by atoms with E-state index in [0.29, 0.717) is 17.4 Å². The third kappa shape index (κ3) is 3.72. The van der Waals surface area contributed by atoms with E-state index in [1.165, 1.54) is 12.1 Å². The summed E-state index contributed by atoms with van der Waals surface area (Å²) in [4.78, 5) is 0.0539. The van der Waals surface area contributed by atoms with Gasteiger partial charge in [-0.1, -0.05) is 23.7 Å². The fourth-order valence-corrected chi connectivity index (χ4v) is 2.46. The molecule has 6 heteroatoms. The normalized spacial score (nSPS) is 11.3. The van der Waals surface area contributed by atoms with Crippen molar-refractivity contribution in [3.63, 3.8) is 0 Å². The molecule has 0 bridgehead atoms. The number of rotatable bonds is 4. The first kappa shape index (κ1) is 14.8. The molecule has 0 aliphatic heterocycles. The van der Waals surface area contributed by atoms with E-state index >= 15 is 0 Å². The summed E-state index contributed by atoms with van der Waals surface area (Å²) in [6.45, 7) is 2.27. The molecule has 0 spiro atoms. The first-order chi connectivity index (χ1) is 9.36. The SMILES string of the molecule is Cc1ccc(COc2ccc(S(N)(=O)=O)cc2)c(Cl)c1. The first-order valence-electron chi connectivity index (χ1n) is 5.87. The number of benzene rings is 2. The molecule has 0 heterocycles. The van der Waals surface area contributed by atoms with Gasteiger partial charge < -0.3 is 4.74 Å². The van der Waals surface area contributed by atoms with Gasteiger partial charge in [0.2, 0.25) is 10.0 Å². The summed E-state index contributed by atoms with van der Waals surface area (Å²) in [5.41, 5.74) is 1.95. The highest BCUT2D eigenvalue weighted by Crippen LogP contribution is 2.21. The molecule has 0 unspecified atom stereocenters. The number of primary sulfonamides is 1. The van der Waals surface area contributed by atoms with Crippen molar-refractivity contribution in [1.82, 2.24) is 0 Å². The Morgan fingerprint density at radius 1 is 1.15 bits per heavy atom. The number of aryl methyl sites for hydroxylation is 1. The van der Waals surface area contributed by atoms with Gasteiger partial charge in [0.25, 0.3) is 0 Å². The highest BCUT2D eigenvalue weighted by atomic mass is 35.5. The van der Waals surface area contributed by atoms with Crippen molar-refractivity contribution < 1.29 is 13.2 Å². The van der Waals surface area contributed by atoms with Crippen LogP contribution < -0.4 is 9.88 Å². The minimum atomic E-state index is -3.67. The van der Waals surface area contributed by atoms with Gasteiger partial charge in [-0.15, -0.1) is 0 Å². The molecule has 20 heavy (non-hydrogen) atoms. The van der Waals surface area contributed by atoms with Gasteiger partial charge in [-0.05, 0) is 42.8 Å². The number of halogens is 1. The molecule has 0 saturated carbocycles. The van der Waals surface area contributed by atoms with Crippen molar-refractivity contribution in [3.05, 3.63) is 58.6 Å². The molecule has 0 aromatic heterocycles. The molecule has 4 nitrogen and oxygen atoms in total. The fourth-order valence-electron chi connectivity index (χ4n) is 1.66. The number of nitrogens with two attached hydrogens (primary N) is 1. The van der Waals surface area contributed by atoms with Crippen LogP contribution in [0.3, 0.4) is 0 Å².